The number of aliphatic hydroxyl groups excluding tert-OH is 1. The lowest BCUT2D eigenvalue weighted by atomic mass is 9.99. The summed E-state index contributed by atoms with van der Waals surface area (Å²) in [6.07, 6.45) is 3.63. The van der Waals surface area contributed by atoms with Gasteiger partial charge in [0.25, 0.3) is 0 Å². The number of aliphatic hydroxyl groups is 1. The fourth-order valence-corrected chi connectivity index (χ4v) is 5.87. The second-order valence-electron chi connectivity index (χ2n) is 11.6. The molecule has 37 heavy (non-hydrogen) atoms. The van der Waals surface area contributed by atoms with Gasteiger partial charge in [-0.3, -0.25) is 4.90 Å². The number of amides is 1. The summed E-state index contributed by atoms with van der Waals surface area (Å²) in [6.45, 7) is 6.63. The van der Waals surface area contributed by atoms with E-state index in [1.54, 1.807) is 0 Å². The fourth-order valence-electron chi connectivity index (χ4n) is 5.70. The molecule has 12 heteroatoms. The minimum absolute atomic E-state index is 0.00753. The molecule has 3 fully saturated rings. The first-order chi connectivity index (χ1) is 17.6. The monoisotopic (exact) mass is 535 g/mol. The molecule has 2 bridgehead atoms. The standard InChI is InChI=1S/C25H31ClFN5O5/c1-24(2,3)37-23(34)32-13-4-5-15(32)14-6-9-35-21-16-18(17(27)19(26)29-21)28-22(30-20(16)31(14)10-13)36-12-25(11-33)7-8-25/h13-15,33H,4-12H2,1-3H3/t13-,14-,15+/m1/s1. The third-order valence-corrected chi connectivity index (χ3v) is 8.05. The molecule has 1 N–H and O–H groups in total. The SMILES string of the molecule is CC(C)(C)OC(=O)N1[C@@H]2CC[C@H]1[C@H]1CCOc3nc(Cl)c(F)c4nc(OCC5(CO)CC5)nc(c34)N1C2. The summed E-state index contributed by atoms with van der Waals surface area (Å²) in [7, 11) is 0. The lowest BCUT2D eigenvalue weighted by Crippen LogP contribution is -2.62. The highest BCUT2D eigenvalue weighted by atomic mass is 35.5. The van der Waals surface area contributed by atoms with Crippen LogP contribution in [-0.2, 0) is 4.74 Å². The van der Waals surface area contributed by atoms with Gasteiger partial charge in [-0.25, -0.2) is 9.18 Å². The van der Waals surface area contributed by atoms with Crippen LogP contribution in [0.4, 0.5) is 15.0 Å². The first-order valence-corrected chi connectivity index (χ1v) is 13.2. The van der Waals surface area contributed by atoms with Gasteiger partial charge >= 0.3 is 12.1 Å². The van der Waals surface area contributed by atoms with Crippen molar-refractivity contribution in [1.29, 1.82) is 0 Å². The lowest BCUT2D eigenvalue weighted by molar-refractivity contribution is 0.00636. The first-order valence-electron chi connectivity index (χ1n) is 12.8. The van der Waals surface area contributed by atoms with Crippen molar-refractivity contribution < 1.29 is 28.5 Å². The number of ether oxygens (including phenoxy) is 3. The molecule has 0 spiro atoms. The van der Waals surface area contributed by atoms with Crippen molar-refractivity contribution in [3.8, 4) is 11.9 Å². The van der Waals surface area contributed by atoms with Crippen molar-refractivity contribution in [2.75, 3.05) is 31.3 Å². The van der Waals surface area contributed by atoms with Crippen molar-refractivity contribution in [3.05, 3.63) is 11.0 Å². The van der Waals surface area contributed by atoms with Crippen LogP contribution in [0.15, 0.2) is 0 Å². The van der Waals surface area contributed by atoms with Gasteiger partial charge in [0.1, 0.15) is 22.3 Å². The van der Waals surface area contributed by atoms with Crippen LogP contribution >= 0.6 is 11.6 Å². The highest BCUT2D eigenvalue weighted by Crippen LogP contribution is 2.46. The topological polar surface area (TPSA) is 110 Å². The highest BCUT2D eigenvalue weighted by Gasteiger charge is 2.51. The van der Waals surface area contributed by atoms with Crippen LogP contribution < -0.4 is 14.4 Å². The number of anilines is 1. The van der Waals surface area contributed by atoms with E-state index in [1.807, 2.05) is 25.7 Å². The summed E-state index contributed by atoms with van der Waals surface area (Å²) in [5.74, 6) is -0.136. The van der Waals surface area contributed by atoms with Crippen LogP contribution in [0.2, 0.25) is 5.15 Å². The van der Waals surface area contributed by atoms with Gasteiger partial charge in [-0.1, -0.05) is 11.6 Å². The minimum Gasteiger partial charge on any atom is -0.477 e. The Hall–Kier alpha value is -2.66. The van der Waals surface area contributed by atoms with Gasteiger partial charge < -0.3 is 24.2 Å². The molecule has 5 heterocycles. The predicted molar refractivity (Wildman–Crippen MR) is 133 cm³/mol. The largest absolute Gasteiger partial charge is 0.477 e. The van der Waals surface area contributed by atoms with E-state index in [4.69, 9.17) is 30.8 Å². The number of nitrogens with zero attached hydrogens (tertiary/aromatic N) is 5. The number of carbonyl (C=O) groups is 1. The molecule has 2 aromatic rings. The molecular weight excluding hydrogens is 505 g/mol. The smallest absolute Gasteiger partial charge is 0.410 e. The van der Waals surface area contributed by atoms with Crippen molar-refractivity contribution in [2.45, 2.75) is 76.6 Å². The van der Waals surface area contributed by atoms with Crippen molar-refractivity contribution in [3.63, 3.8) is 0 Å². The van der Waals surface area contributed by atoms with Crippen LogP contribution in [0.1, 0.15) is 52.9 Å². The molecule has 2 aromatic heterocycles. The average Bonchev–Trinajstić information content (AvgIpc) is 3.54. The Morgan fingerprint density at radius 1 is 1.22 bits per heavy atom. The maximum absolute atomic E-state index is 15.3. The van der Waals surface area contributed by atoms with Crippen LogP contribution in [0.5, 0.6) is 11.9 Å². The predicted octanol–water partition coefficient (Wildman–Crippen LogP) is 3.71. The van der Waals surface area contributed by atoms with Crippen molar-refractivity contribution in [1.82, 2.24) is 19.9 Å². The number of rotatable bonds is 4. The van der Waals surface area contributed by atoms with E-state index in [-0.39, 0.29) is 65.4 Å². The van der Waals surface area contributed by atoms with E-state index >= 15 is 4.39 Å². The highest BCUT2D eigenvalue weighted by molar-refractivity contribution is 6.30. The third-order valence-electron chi connectivity index (χ3n) is 7.80. The zero-order valence-corrected chi connectivity index (χ0v) is 21.9. The lowest BCUT2D eigenvalue weighted by Gasteiger charge is -2.48. The van der Waals surface area contributed by atoms with Gasteiger partial charge in [-0.2, -0.15) is 15.0 Å². The van der Waals surface area contributed by atoms with Gasteiger partial charge in [0, 0.05) is 18.4 Å². The summed E-state index contributed by atoms with van der Waals surface area (Å²) in [6, 6.07) is -0.308. The fraction of sp³-hybridized carbons (Fsp3) is 0.680. The number of piperazine rings is 1. The first kappa shape index (κ1) is 24.7. The maximum atomic E-state index is 15.3. The van der Waals surface area contributed by atoms with Gasteiger partial charge in [-0.15, -0.1) is 0 Å². The zero-order valence-electron chi connectivity index (χ0n) is 21.2. The number of hydrogen-bond acceptors (Lipinski definition) is 9. The van der Waals surface area contributed by atoms with E-state index in [2.05, 4.69) is 14.9 Å². The minimum atomic E-state index is -0.770. The normalized spacial score (nSPS) is 25.7. The van der Waals surface area contributed by atoms with E-state index in [1.165, 1.54) is 0 Å². The third kappa shape index (κ3) is 4.29. The molecular formula is C25H31ClFN5O5. The van der Waals surface area contributed by atoms with Gasteiger partial charge in [0.15, 0.2) is 11.0 Å². The summed E-state index contributed by atoms with van der Waals surface area (Å²) < 4.78 is 32.9. The Labute approximate surface area is 219 Å². The Balaban J connectivity index is 1.42. The maximum Gasteiger partial charge on any atom is 0.410 e. The molecule has 200 valence electrons. The molecule has 2 saturated heterocycles. The van der Waals surface area contributed by atoms with Gasteiger partial charge in [0.05, 0.1) is 37.9 Å². The number of aromatic nitrogens is 3. The molecule has 3 atom stereocenters. The van der Waals surface area contributed by atoms with Gasteiger partial charge in [-0.05, 0) is 46.5 Å². The Morgan fingerprint density at radius 2 is 2.00 bits per heavy atom. The summed E-state index contributed by atoms with van der Waals surface area (Å²) in [4.78, 5) is 30.4. The number of fused-ring (bicyclic) bond motifs is 5. The van der Waals surface area contributed by atoms with Crippen LogP contribution in [-0.4, -0.2) is 81.1 Å². The molecule has 0 aromatic carbocycles. The molecule has 1 saturated carbocycles. The van der Waals surface area contributed by atoms with E-state index in [0.29, 0.717) is 30.8 Å². The number of halogens is 2. The van der Waals surface area contributed by atoms with Gasteiger partial charge in [0.2, 0.25) is 5.88 Å². The molecule has 1 aliphatic carbocycles. The van der Waals surface area contributed by atoms with Crippen LogP contribution in [0, 0.1) is 11.2 Å². The van der Waals surface area contributed by atoms with Crippen LogP contribution in [0.25, 0.3) is 10.9 Å². The van der Waals surface area contributed by atoms with Crippen molar-refractivity contribution >= 4 is 34.4 Å². The quantitative estimate of drug-likeness (QED) is 0.586. The number of carbonyl (C=O) groups excluding carboxylic acids is 1. The molecule has 0 radical (unpaired) electrons. The number of hydrogen-bond donors (Lipinski definition) is 1. The van der Waals surface area contributed by atoms with E-state index < -0.39 is 11.4 Å². The molecule has 10 nitrogen and oxygen atoms in total. The second-order valence-corrected chi connectivity index (χ2v) is 11.9. The van der Waals surface area contributed by atoms with E-state index in [9.17, 15) is 9.90 Å². The Kier molecular flexibility index (Phi) is 5.79. The Bertz CT molecular complexity index is 1250. The Morgan fingerprint density at radius 3 is 2.70 bits per heavy atom. The molecule has 0 unspecified atom stereocenters. The summed E-state index contributed by atoms with van der Waals surface area (Å²) in [5.41, 5.74) is -0.920. The number of pyridine rings is 1. The zero-order chi connectivity index (χ0) is 26.1. The van der Waals surface area contributed by atoms with E-state index in [0.717, 1.165) is 25.7 Å². The summed E-state index contributed by atoms with van der Waals surface area (Å²) >= 11 is 6.10. The molecule has 3 aliphatic heterocycles. The molecule has 6 rings (SSSR count). The molecule has 1 amide bonds. The van der Waals surface area contributed by atoms with Crippen molar-refractivity contribution in [2.24, 2.45) is 5.41 Å². The molecule has 4 aliphatic rings. The average molecular weight is 536 g/mol. The van der Waals surface area contributed by atoms with Crippen LogP contribution in [0.3, 0.4) is 0 Å². The second kappa shape index (κ2) is 8.69. The summed E-state index contributed by atoms with van der Waals surface area (Å²) in [5, 5.41) is 9.69.